The van der Waals surface area contributed by atoms with E-state index < -0.39 is 0 Å². The highest BCUT2D eigenvalue weighted by Gasteiger charge is 2.19. The molecule has 0 aromatic heterocycles. The molecule has 3 N–H and O–H groups in total. The van der Waals surface area contributed by atoms with E-state index in [1.165, 1.54) is 6.07 Å². The van der Waals surface area contributed by atoms with Crippen molar-refractivity contribution in [1.29, 1.82) is 0 Å². The highest BCUT2D eigenvalue weighted by atomic mass is 16.3. The van der Waals surface area contributed by atoms with Gasteiger partial charge < -0.3 is 15.5 Å². The summed E-state index contributed by atoms with van der Waals surface area (Å²) in [5.41, 5.74) is 1.05. The molecule has 0 saturated heterocycles. The molecule has 1 amide bonds. The van der Waals surface area contributed by atoms with E-state index in [0.29, 0.717) is 13.0 Å². The van der Waals surface area contributed by atoms with Crippen molar-refractivity contribution in [3.05, 3.63) is 29.3 Å². The zero-order valence-corrected chi connectivity index (χ0v) is 11.2. The summed E-state index contributed by atoms with van der Waals surface area (Å²) in [6.45, 7) is 6.36. The van der Waals surface area contributed by atoms with Crippen LogP contribution in [0.3, 0.4) is 0 Å². The molecule has 0 radical (unpaired) electrons. The van der Waals surface area contributed by atoms with Crippen LogP contribution in [0.15, 0.2) is 18.2 Å². The minimum absolute atomic E-state index is 0.0157. The molecule has 1 aromatic carbocycles. The minimum Gasteiger partial charge on any atom is -0.507 e. The average molecular weight is 251 g/mol. The maximum absolute atomic E-state index is 11.9. The molecule has 0 unspecified atom stereocenters. The number of phenols is 1. The van der Waals surface area contributed by atoms with Crippen LogP contribution in [-0.4, -0.2) is 29.3 Å². The average Bonchev–Trinajstić information content (AvgIpc) is 2.29. The van der Waals surface area contributed by atoms with Gasteiger partial charge in [0.25, 0.3) is 5.91 Å². The number of aliphatic hydroxyl groups is 1. The Hall–Kier alpha value is -1.55. The van der Waals surface area contributed by atoms with Gasteiger partial charge in [0.1, 0.15) is 5.75 Å². The number of phenolic OH excluding ortho intramolecular Hbond substituents is 1. The van der Waals surface area contributed by atoms with Crippen LogP contribution in [0.4, 0.5) is 0 Å². The van der Waals surface area contributed by atoms with E-state index in [9.17, 15) is 9.90 Å². The molecule has 1 aromatic rings. The normalized spacial score (nSPS) is 11.3. The molecule has 0 bridgehead atoms. The SMILES string of the molecule is Cc1ccc(O)c(C(=O)NCC(C)(C)CCO)c1. The van der Waals surface area contributed by atoms with Crippen molar-refractivity contribution in [3.63, 3.8) is 0 Å². The Morgan fingerprint density at radius 2 is 2.06 bits per heavy atom. The van der Waals surface area contributed by atoms with Crippen LogP contribution in [0.5, 0.6) is 5.75 Å². The third-order valence-electron chi connectivity index (χ3n) is 2.91. The minimum atomic E-state index is -0.290. The number of hydrogen-bond donors (Lipinski definition) is 3. The standard InChI is InChI=1S/C14H21NO3/c1-10-4-5-12(17)11(8-10)13(18)15-9-14(2,3)6-7-16/h4-5,8,16-17H,6-7,9H2,1-3H3,(H,15,18). The third-order valence-corrected chi connectivity index (χ3v) is 2.91. The van der Waals surface area contributed by atoms with E-state index in [-0.39, 0.29) is 29.2 Å². The first-order valence-corrected chi connectivity index (χ1v) is 6.04. The number of aliphatic hydroxyl groups excluding tert-OH is 1. The zero-order valence-electron chi connectivity index (χ0n) is 11.2. The quantitative estimate of drug-likeness (QED) is 0.748. The number of aromatic hydroxyl groups is 1. The lowest BCUT2D eigenvalue weighted by Crippen LogP contribution is -2.34. The smallest absolute Gasteiger partial charge is 0.255 e. The lowest BCUT2D eigenvalue weighted by atomic mass is 9.89. The van der Waals surface area contributed by atoms with Crippen molar-refractivity contribution in [2.24, 2.45) is 5.41 Å². The van der Waals surface area contributed by atoms with Crippen LogP contribution < -0.4 is 5.32 Å². The largest absolute Gasteiger partial charge is 0.507 e. The molecule has 0 heterocycles. The second-order valence-corrected chi connectivity index (χ2v) is 5.34. The molecule has 0 atom stereocenters. The number of aryl methyl sites for hydroxylation is 1. The molecule has 0 aliphatic carbocycles. The van der Waals surface area contributed by atoms with Gasteiger partial charge in [-0.25, -0.2) is 0 Å². The molecule has 1 rings (SSSR count). The molecule has 100 valence electrons. The van der Waals surface area contributed by atoms with Crippen molar-refractivity contribution in [2.45, 2.75) is 27.2 Å². The van der Waals surface area contributed by atoms with Crippen LogP contribution in [0.25, 0.3) is 0 Å². The van der Waals surface area contributed by atoms with Crippen LogP contribution in [0.1, 0.15) is 36.2 Å². The molecule has 18 heavy (non-hydrogen) atoms. The fourth-order valence-electron chi connectivity index (χ4n) is 1.64. The number of amides is 1. The van der Waals surface area contributed by atoms with Crippen molar-refractivity contribution >= 4 is 5.91 Å². The van der Waals surface area contributed by atoms with Crippen LogP contribution >= 0.6 is 0 Å². The molecule has 0 saturated carbocycles. The second kappa shape index (κ2) is 5.87. The molecule has 0 spiro atoms. The van der Waals surface area contributed by atoms with Crippen molar-refractivity contribution in [3.8, 4) is 5.75 Å². The van der Waals surface area contributed by atoms with E-state index in [4.69, 9.17) is 5.11 Å². The Kier molecular flexibility index (Phi) is 4.73. The van der Waals surface area contributed by atoms with Gasteiger partial charge in [0, 0.05) is 13.2 Å². The topological polar surface area (TPSA) is 69.6 Å². The van der Waals surface area contributed by atoms with E-state index in [1.807, 2.05) is 20.8 Å². The van der Waals surface area contributed by atoms with Crippen molar-refractivity contribution in [2.75, 3.05) is 13.2 Å². The summed E-state index contributed by atoms with van der Waals surface area (Å²) in [7, 11) is 0. The molecular formula is C14H21NO3. The third kappa shape index (κ3) is 4.04. The fraction of sp³-hybridized carbons (Fsp3) is 0.500. The molecule has 0 aliphatic heterocycles. The second-order valence-electron chi connectivity index (χ2n) is 5.34. The zero-order chi connectivity index (χ0) is 13.8. The molecule has 0 fully saturated rings. The van der Waals surface area contributed by atoms with Gasteiger partial charge in [0.05, 0.1) is 5.56 Å². The molecule has 4 nitrogen and oxygen atoms in total. The van der Waals surface area contributed by atoms with Crippen LogP contribution in [0, 0.1) is 12.3 Å². The van der Waals surface area contributed by atoms with E-state index >= 15 is 0 Å². The summed E-state index contributed by atoms with van der Waals surface area (Å²) in [4.78, 5) is 11.9. The monoisotopic (exact) mass is 251 g/mol. The van der Waals surface area contributed by atoms with Gasteiger partial charge in [-0.15, -0.1) is 0 Å². The first kappa shape index (κ1) is 14.5. The Morgan fingerprint density at radius 1 is 1.39 bits per heavy atom. The van der Waals surface area contributed by atoms with Crippen molar-refractivity contribution in [1.82, 2.24) is 5.32 Å². The van der Waals surface area contributed by atoms with E-state index in [1.54, 1.807) is 12.1 Å². The number of hydrogen-bond acceptors (Lipinski definition) is 3. The fourth-order valence-corrected chi connectivity index (χ4v) is 1.64. The Bertz CT molecular complexity index is 427. The molecular weight excluding hydrogens is 230 g/mol. The molecule has 4 heteroatoms. The number of benzene rings is 1. The van der Waals surface area contributed by atoms with Crippen LogP contribution in [0.2, 0.25) is 0 Å². The van der Waals surface area contributed by atoms with E-state index in [2.05, 4.69) is 5.32 Å². The Morgan fingerprint density at radius 3 is 2.67 bits per heavy atom. The summed E-state index contributed by atoms with van der Waals surface area (Å²) in [6, 6.07) is 4.93. The maximum atomic E-state index is 11.9. The number of rotatable bonds is 5. The summed E-state index contributed by atoms with van der Waals surface area (Å²) in [5.74, 6) is -0.305. The van der Waals surface area contributed by atoms with Crippen molar-refractivity contribution < 1.29 is 15.0 Å². The maximum Gasteiger partial charge on any atom is 0.255 e. The number of carbonyl (C=O) groups is 1. The Balaban J connectivity index is 2.69. The van der Waals surface area contributed by atoms with Gasteiger partial charge in [0.2, 0.25) is 0 Å². The predicted octanol–water partition coefficient (Wildman–Crippen LogP) is 1.84. The van der Waals surface area contributed by atoms with Gasteiger partial charge in [-0.05, 0) is 30.9 Å². The van der Waals surface area contributed by atoms with Gasteiger partial charge in [-0.1, -0.05) is 25.5 Å². The van der Waals surface area contributed by atoms with Crippen LogP contribution in [-0.2, 0) is 0 Å². The first-order chi connectivity index (χ1) is 8.35. The Labute approximate surface area is 108 Å². The van der Waals surface area contributed by atoms with Gasteiger partial charge in [-0.3, -0.25) is 4.79 Å². The highest BCUT2D eigenvalue weighted by molar-refractivity contribution is 5.97. The van der Waals surface area contributed by atoms with Gasteiger partial charge >= 0.3 is 0 Å². The van der Waals surface area contributed by atoms with Gasteiger partial charge in [0.15, 0.2) is 0 Å². The first-order valence-electron chi connectivity index (χ1n) is 6.04. The predicted molar refractivity (Wildman–Crippen MR) is 70.7 cm³/mol. The lowest BCUT2D eigenvalue weighted by Gasteiger charge is -2.23. The van der Waals surface area contributed by atoms with E-state index in [0.717, 1.165) is 5.56 Å². The lowest BCUT2D eigenvalue weighted by molar-refractivity contribution is 0.0925. The van der Waals surface area contributed by atoms with Gasteiger partial charge in [-0.2, -0.15) is 0 Å². The highest BCUT2D eigenvalue weighted by Crippen LogP contribution is 2.20. The summed E-state index contributed by atoms with van der Waals surface area (Å²) < 4.78 is 0. The number of carbonyl (C=O) groups excluding carboxylic acids is 1. The number of nitrogens with one attached hydrogen (secondary N) is 1. The summed E-state index contributed by atoms with van der Waals surface area (Å²) in [6.07, 6.45) is 0.618. The summed E-state index contributed by atoms with van der Waals surface area (Å²) in [5, 5.41) is 21.3. The molecule has 0 aliphatic rings. The summed E-state index contributed by atoms with van der Waals surface area (Å²) >= 11 is 0.